The Morgan fingerprint density at radius 1 is 1.30 bits per heavy atom. The van der Waals surface area contributed by atoms with Crippen LogP contribution in [0.25, 0.3) is 0 Å². The van der Waals surface area contributed by atoms with Crippen LogP contribution in [0, 0.1) is 0 Å². The number of hydrogen-bond donors (Lipinski definition) is 1. The molecule has 2 rings (SSSR count). The lowest BCUT2D eigenvalue weighted by atomic mass is 10.1. The molecule has 4 nitrogen and oxygen atoms in total. The minimum Gasteiger partial charge on any atom is -0.301 e. The number of nitrogens with zero attached hydrogens (tertiary/aromatic N) is 1. The fourth-order valence-corrected chi connectivity index (χ4v) is 2.63. The highest BCUT2D eigenvalue weighted by Gasteiger charge is 2.17. The molecule has 1 atom stereocenters. The molecule has 0 spiro atoms. The van der Waals surface area contributed by atoms with Crippen molar-refractivity contribution in [3.05, 3.63) is 58.0 Å². The third-order valence-corrected chi connectivity index (χ3v) is 3.95. The van der Waals surface area contributed by atoms with Gasteiger partial charge in [0.2, 0.25) is 0 Å². The highest BCUT2D eigenvalue weighted by Crippen LogP contribution is 2.21. The first-order valence-electron chi connectivity index (χ1n) is 6.45. The summed E-state index contributed by atoms with van der Waals surface area (Å²) in [7, 11) is 0. The second kappa shape index (κ2) is 6.52. The van der Waals surface area contributed by atoms with E-state index in [1.165, 1.54) is 29.6 Å². The zero-order valence-electron chi connectivity index (χ0n) is 11.4. The second-order valence-electron chi connectivity index (χ2n) is 4.41. The van der Waals surface area contributed by atoms with Gasteiger partial charge in [-0.25, -0.2) is 4.98 Å². The molecular formula is C15H16N2O2S. The SMILES string of the molecule is CCc1ccc(C(=O)C(C)Sc2nccc(=O)[nH]2)cc1. The van der Waals surface area contributed by atoms with E-state index < -0.39 is 0 Å². The fraction of sp³-hybridized carbons (Fsp3) is 0.267. The summed E-state index contributed by atoms with van der Waals surface area (Å²) in [6.07, 6.45) is 2.39. The Morgan fingerprint density at radius 3 is 2.60 bits per heavy atom. The first-order chi connectivity index (χ1) is 9.60. The molecule has 1 aromatic carbocycles. The van der Waals surface area contributed by atoms with Gasteiger partial charge in [-0.2, -0.15) is 0 Å². The van der Waals surface area contributed by atoms with Gasteiger partial charge in [-0.3, -0.25) is 9.59 Å². The molecule has 0 amide bonds. The number of aromatic amines is 1. The summed E-state index contributed by atoms with van der Waals surface area (Å²) in [6.45, 7) is 3.89. The topological polar surface area (TPSA) is 62.8 Å². The smallest absolute Gasteiger partial charge is 0.251 e. The first kappa shape index (κ1) is 14.5. The Balaban J connectivity index is 2.09. The van der Waals surface area contributed by atoms with Crippen LogP contribution in [-0.2, 0) is 6.42 Å². The number of nitrogens with one attached hydrogen (secondary N) is 1. The van der Waals surface area contributed by atoms with E-state index in [0.29, 0.717) is 10.7 Å². The minimum atomic E-state index is -0.298. The van der Waals surface area contributed by atoms with Crippen molar-refractivity contribution in [2.45, 2.75) is 30.7 Å². The minimum absolute atomic E-state index is 0.0316. The van der Waals surface area contributed by atoms with Crippen LogP contribution in [0.1, 0.15) is 29.8 Å². The quantitative estimate of drug-likeness (QED) is 0.522. The number of carbonyl (C=O) groups excluding carboxylic acids is 1. The number of carbonyl (C=O) groups is 1. The Hall–Kier alpha value is -1.88. The van der Waals surface area contributed by atoms with E-state index >= 15 is 0 Å². The molecule has 1 heterocycles. The molecule has 20 heavy (non-hydrogen) atoms. The van der Waals surface area contributed by atoms with Crippen molar-refractivity contribution in [2.24, 2.45) is 0 Å². The Kier molecular flexibility index (Phi) is 4.74. The molecule has 0 radical (unpaired) electrons. The molecular weight excluding hydrogens is 272 g/mol. The second-order valence-corrected chi connectivity index (χ2v) is 5.74. The summed E-state index contributed by atoms with van der Waals surface area (Å²) >= 11 is 1.25. The van der Waals surface area contributed by atoms with Gasteiger partial charge in [0.05, 0.1) is 5.25 Å². The van der Waals surface area contributed by atoms with E-state index in [-0.39, 0.29) is 16.6 Å². The van der Waals surface area contributed by atoms with Gasteiger partial charge >= 0.3 is 0 Å². The number of benzene rings is 1. The number of ketones is 1. The Labute approximate surface area is 121 Å². The monoisotopic (exact) mass is 288 g/mol. The summed E-state index contributed by atoms with van der Waals surface area (Å²) in [6, 6.07) is 8.97. The number of thioether (sulfide) groups is 1. The van der Waals surface area contributed by atoms with Gasteiger partial charge in [0.1, 0.15) is 0 Å². The molecule has 1 aromatic heterocycles. The van der Waals surface area contributed by atoms with E-state index in [9.17, 15) is 9.59 Å². The number of Topliss-reactive ketones (excluding diaryl/α,β-unsaturated/α-hetero) is 1. The Bertz CT molecular complexity index is 649. The zero-order valence-corrected chi connectivity index (χ0v) is 12.2. The summed E-state index contributed by atoms with van der Waals surface area (Å²) in [4.78, 5) is 30.1. The molecule has 0 aliphatic carbocycles. The highest BCUT2D eigenvalue weighted by molar-refractivity contribution is 8.00. The van der Waals surface area contributed by atoms with Crippen molar-refractivity contribution in [3.63, 3.8) is 0 Å². The van der Waals surface area contributed by atoms with E-state index in [2.05, 4.69) is 16.9 Å². The first-order valence-corrected chi connectivity index (χ1v) is 7.33. The summed E-state index contributed by atoms with van der Waals surface area (Å²) < 4.78 is 0. The van der Waals surface area contributed by atoms with Crippen molar-refractivity contribution < 1.29 is 4.79 Å². The molecule has 0 aliphatic heterocycles. The molecule has 0 aliphatic rings. The lowest BCUT2D eigenvalue weighted by Crippen LogP contribution is -2.15. The average Bonchev–Trinajstić information content (AvgIpc) is 2.46. The predicted molar refractivity (Wildman–Crippen MR) is 80.3 cm³/mol. The van der Waals surface area contributed by atoms with E-state index in [1.807, 2.05) is 31.2 Å². The number of aryl methyl sites for hydroxylation is 1. The standard InChI is InChI=1S/C15H16N2O2S/c1-3-11-4-6-12(7-5-11)14(19)10(2)20-15-16-9-8-13(18)17-15/h4-10H,3H2,1-2H3,(H,16,17,18). The molecule has 1 N–H and O–H groups in total. The molecule has 1 unspecified atom stereocenters. The van der Waals surface area contributed by atoms with Gasteiger partial charge in [-0.1, -0.05) is 43.0 Å². The van der Waals surface area contributed by atoms with Crippen molar-refractivity contribution in [1.82, 2.24) is 9.97 Å². The van der Waals surface area contributed by atoms with E-state index in [0.717, 1.165) is 6.42 Å². The van der Waals surface area contributed by atoms with Crippen LogP contribution in [-0.4, -0.2) is 21.0 Å². The molecule has 2 aromatic rings. The summed E-state index contributed by atoms with van der Waals surface area (Å²) in [5, 5.41) is 0.163. The predicted octanol–water partition coefficient (Wildman–Crippen LogP) is 2.70. The van der Waals surface area contributed by atoms with Crippen LogP contribution in [0.2, 0.25) is 0 Å². The molecule has 0 fully saturated rings. The van der Waals surface area contributed by atoms with Gasteiger partial charge in [0.25, 0.3) is 5.56 Å². The summed E-state index contributed by atoms with van der Waals surface area (Å²) in [5.41, 5.74) is 1.67. The van der Waals surface area contributed by atoms with Crippen LogP contribution < -0.4 is 5.56 Å². The molecule has 0 bridgehead atoms. The molecule has 5 heteroatoms. The van der Waals surface area contributed by atoms with E-state index in [4.69, 9.17) is 0 Å². The molecule has 104 valence electrons. The number of aromatic nitrogens is 2. The largest absolute Gasteiger partial charge is 0.301 e. The van der Waals surface area contributed by atoms with E-state index in [1.54, 1.807) is 0 Å². The third-order valence-electron chi connectivity index (χ3n) is 2.95. The maximum absolute atomic E-state index is 12.3. The molecule has 0 saturated heterocycles. The third kappa shape index (κ3) is 3.57. The lowest BCUT2D eigenvalue weighted by Gasteiger charge is -2.09. The van der Waals surface area contributed by atoms with Crippen LogP contribution in [0.5, 0.6) is 0 Å². The Morgan fingerprint density at radius 2 is 2.00 bits per heavy atom. The normalized spacial score (nSPS) is 12.1. The maximum Gasteiger partial charge on any atom is 0.251 e. The van der Waals surface area contributed by atoms with Crippen molar-refractivity contribution in [2.75, 3.05) is 0 Å². The summed E-state index contributed by atoms with van der Waals surface area (Å²) in [5.74, 6) is 0.0316. The fourth-order valence-electron chi connectivity index (χ4n) is 1.77. The highest BCUT2D eigenvalue weighted by atomic mass is 32.2. The van der Waals surface area contributed by atoms with Crippen LogP contribution in [0.4, 0.5) is 0 Å². The van der Waals surface area contributed by atoms with Gasteiger partial charge in [-0.05, 0) is 18.9 Å². The van der Waals surface area contributed by atoms with Gasteiger partial charge in [0.15, 0.2) is 10.9 Å². The number of rotatable bonds is 5. The number of hydrogen-bond acceptors (Lipinski definition) is 4. The number of H-pyrrole nitrogens is 1. The molecule has 0 saturated carbocycles. The maximum atomic E-state index is 12.3. The van der Waals surface area contributed by atoms with Crippen LogP contribution >= 0.6 is 11.8 Å². The van der Waals surface area contributed by atoms with Crippen molar-refractivity contribution >= 4 is 17.5 Å². The average molecular weight is 288 g/mol. The lowest BCUT2D eigenvalue weighted by molar-refractivity contribution is 0.0994. The van der Waals surface area contributed by atoms with Crippen molar-refractivity contribution in [1.29, 1.82) is 0 Å². The van der Waals surface area contributed by atoms with Gasteiger partial charge < -0.3 is 4.98 Å². The van der Waals surface area contributed by atoms with Crippen molar-refractivity contribution in [3.8, 4) is 0 Å². The van der Waals surface area contributed by atoms with Crippen LogP contribution in [0.15, 0.2) is 46.5 Å². The van der Waals surface area contributed by atoms with Gasteiger partial charge in [-0.15, -0.1) is 0 Å². The van der Waals surface area contributed by atoms with Gasteiger partial charge in [0, 0.05) is 17.8 Å². The van der Waals surface area contributed by atoms with Crippen LogP contribution in [0.3, 0.4) is 0 Å². The zero-order chi connectivity index (χ0) is 14.5.